The minimum absolute atomic E-state index is 0.138. The van der Waals surface area contributed by atoms with E-state index in [1.165, 1.54) is 11.6 Å². The monoisotopic (exact) mass is 222 g/mol. The quantitative estimate of drug-likeness (QED) is 0.550. The molecule has 1 rings (SSSR count). The molecule has 0 aromatic heterocycles. The number of carbonyl (C=O) groups excluding carboxylic acids is 1. The number of benzene rings is 1. The van der Waals surface area contributed by atoms with Crippen LogP contribution >= 0.6 is 11.6 Å². The standard InChI is InChI=1S/C13H15ClO/c1-13(2,3)11-6-4-10(5-7-11)12(14)8-9-15/h4-9H,1-3H3. The second-order valence-electron chi connectivity index (χ2n) is 4.48. The molecule has 15 heavy (non-hydrogen) atoms. The normalized spacial score (nSPS) is 12.7. The van der Waals surface area contributed by atoms with Crippen molar-refractivity contribution in [3.8, 4) is 0 Å². The summed E-state index contributed by atoms with van der Waals surface area (Å²) in [5, 5.41) is 0.477. The predicted octanol–water partition coefficient (Wildman–Crippen LogP) is 3.76. The van der Waals surface area contributed by atoms with Crippen LogP contribution < -0.4 is 0 Å². The third kappa shape index (κ3) is 3.21. The van der Waals surface area contributed by atoms with Crippen LogP contribution in [0.15, 0.2) is 30.3 Å². The molecular weight excluding hydrogens is 208 g/mol. The van der Waals surface area contributed by atoms with Gasteiger partial charge < -0.3 is 0 Å². The van der Waals surface area contributed by atoms with Gasteiger partial charge in [0, 0.05) is 0 Å². The first kappa shape index (κ1) is 12.0. The Bertz CT molecular complexity index is 369. The Morgan fingerprint density at radius 3 is 2.13 bits per heavy atom. The largest absolute Gasteiger partial charge is 0.299 e. The van der Waals surface area contributed by atoms with Gasteiger partial charge in [-0.3, -0.25) is 4.79 Å². The zero-order valence-corrected chi connectivity index (χ0v) is 10.0. The van der Waals surface area contributed by atoms with Crippen LogP contribution in [0.5, 0.6) is 0 Å². The molecule has 0 unspecified atom stereocenters. The maximum atomic E-state index is 10.3. The molecule has 0 atom stereocenters. The molecule has 80 valence electrons. The zero-order chi connectivity index (χ0) is 11.5. The van der Waals surface area contributed by atoms with Gasteiger partial charge in [-0.05, 0) is 22.6 Å². The maximum Gasteiger partial charge on any atom is 0.144 e. The van der Waals surface area contributed by atoms with Crippen LogP contribution in [0.4, 0.5) is 0 Å². The number of hydrogen-bond donors (Lipinski definition) is 0. The highest BCUT2D eigenvalue weighted by Crippen LogP contribution is 2.25. The summed E-state index contributed by atoms with van der Waals surface area (Å²) in [6.45, 7) is 6.47. The molecule has 2 heteroatoms. The molecule has 0 amide bonds. The molecule has 0 heterocycles. The van der Waals surface area contributed by atoms with Crippen LogP contribution in [-0.2, 0) is 10.2 Å². The fourth-order valence-electron chi connectivity index (χ4n) is 1.29. The first-order valence-corrected chi connectivity index (χ1v) is 5.25. The fourth-order valence-corrected chi connectivity index (χ4v) is 1.46. The summed E-state index contributed by atoms with van der Waals surface area (Å²) in [7, 11) is 0. The Labute approximate surface area is 95.8 Å². The van der Waals surface area contributed by atoms with Crippen molar-refractivity contribution >= 4 is 22.9 Å². The Morgan fingerprint density at radius 2 is 1.73 bits per heavy atom. The predicted molar refractivity (Wildman–Crippen MR) is 65.0 cm³/mol. The van der Waals surface area contributed by atoms with E-state index in [0.29, 0.717) is 11.3 Å². The van der Waals surface area contributed by atoms with Gasteiger partial charge in [0.2, 0.25) is 0 Å². The molecule has 1 aromatic carbocycles. The van der Waals surface area contributed by atoms with Gasteiger partial charge in [-0.15, -0.1) is 0 Å². The van der Waals surface area contributed by atoms with Crippen molar-refractivity contribution in [2.75, 3.05) is 0 Å². The van der Waals surface area contributed by atoms with Crippen molar-refractivity contribution in [1.82, 2.24) is 0 Å². The smallest absolute Gasteiger partial charge is 0.144 e. The molecular formula is C13H15ClO. The third-order valence-electron chi connectivity index (χ3n) is 2.24. The topological polar surface area (TPSA) is 17.1 Å². The van der Waals surface area contributed by atoms with E-state index in [1.807, 2.05) is 24.3 Å². The lowest BCUT2D eigenvalue weighted by Crippen LogP contribution is -2.10. The lowest BCUT2D eigenvalue weighted by atomic mass is 9.87. The van der Waals surface area contributed by atoms with Gasteiger partial charge in [-0.1, -0.05) is 56.6 Å². The summed E-state index contributed by atoms with van der Waals surface area (Å²) in [5.74, 6) is 0. The van der Waals surface area contributed by atoms with Crippen molar-refractivity contribution in [3.63, 3.8) is 0 Å². The van der Waals surface area contributed by atoms with Crippen molar-refractivity contribution in [2.45, 2.75) is 26.2 Å². The first-order chi connectivity index (χ1) is 6.95. The summed E-state index contributed by atoms with van der Waals surface area (Å²) in [5.41, 5.74) is 2.26. The molecule has 0 fully saturated rings. The SMILES string of the molecule is CC(C)(C)c1ccc(C(Cl)=CC=O)cc1. The van der Waals surface area contributed by atoms with Gasteiger partial charge in [-0.2, -0.15) is 0 Å². The first-order valence-electron chi connectivity index (χ1n) is 4.87. The summed E-state index contributed by atoms with van der Waals surface area (Å²) in [6, 6.07) is 7.94. The Balaban J connectivity index is 3.00. The van der Waals surface area contributed by atoms with Gasteiger partial charge >= 0.3 is 0 Å². The van der Waals surface area contributed by atoms with E-state index in [1.54, 1.807) is 0 Å². The summed E-state index contributed by atoms with van der Waals surface area (Å²) < 4.78 is 0. The van der Waals surface area contributed by atoms with E-state index in [2.05, 4.69) is 20.8 Å². The van der Waals surface area contributed by atoms with E-state index in [-0.39, 0.29) is 5.41 Å². The summed E-state index contributed by atoms with van der Waals surface area (Å²) in [4.78, 5) is 10.3. The van der Waals surface area contributed by atoms with E-state index in [9.17, 15) is 4.79 Å². The molecule has 0 aliphatic carbocycles. The molecule has 1 nitrogen and oxygen atoms in total. The molecule has 0 saturated heterocycles. The number of rotatable bonds is 2. The van der Waals surface area contributed by atoms with Gasteiger partial charge in [0.1, 0.15) is 6.29 Å². The van der Waals surface area contributed by atoms with E-state index in [0.717, 1.165) is 5.56 Å². The van der Waals surface area contributed by atoms with Crippen molar-refractivity contribution < 1.29 is 4.79 Å². The van der Waals surface area contributed by atoms with Gasteiger partial charge in [-0.25, -0.2) is 0 Å². The number of carbonyl (C=O) groups is 1. The average molecular weight is 223 g/mol. The van der Waals surface area contributed by atoms with E-state index in [4.69, 9.17) is 11.6 Å². The molecule has 0 N–H and O–H groups in total. The van der Waals surface area contributed by atoms with Crippen molar-refractivity contribution in [2.24, 2.45) is 0 Å². The van der Waals surface area contributed by atoms with Gasteiger partial charge in [0.25, 0.3) is 0 Å². The number of halogens is 1. The maximum absolute atomic E-state index is 10.3. The lowest BCUT2D eigenvalue weighted by molar-refractivity contribution is -0.104. The van der Waals surface area contributed by atoms with Crippen molar-refractivity contribution in [1.29, 1.82) is 0 Å². The highest BCUT2D eigenvalue weighted by Gasteiger charge is 2.12. The minimum atomic E-state index is 0.138. The Morgan fingerprint density at radius 1 is 1.20 bits per heavy atom. The van der Waals surface area contributed by atoms with Crippen LogP contribution in [0.3, 0.4) is 0 Å². The Kier molecular flexibility index (Phi) is 3.70. The van der Waals surface area contributed by atoms with Gasteiger partial charge in [0.05, 0.1) is 5.03 Å². The zero-order valence-electron chi connectivity index (χ0n) is 9.25. The summed E-state index contributed by atoms with van der Waals surface area (Å²) in [6.07, 6.45) is 2.05. The van der Waals surface area contributed by atoms with Crippen LogP contribution in [-0.4, -0.2) is 6.29 Å². The van der Waals surface area contributed by atoms with E-state index < -0.39 is 0 Å². The van der Waals surface area contributed by atoms with Crippen LogP contribution in [0.25, 0.3) is 5.03 Å². The number of hydrogen-bond acceptors (Lipinski definition) is 1. The molecule has 1 aromatic rings. The molecule has 0 aliphatic rings. The molecule has 0 aliphatic heterocycles. The van der Waals surface area contributed by atoms with Crippen LogP contribution in [0.1, 0.15) is 31.9 Å². The highest BCUT2D eigenvalue weighted by atomic mass is 35.5. The fraction of sp³-hybridized carbons (Fsp3) is 0.308. The molecule has 0 bridgehead atoms. The number of aldehydes is 1. The number of allylic oxidation sites excluding steroid dienone is 1. The van der Waals surface area contributed by atoms with Crippen molar-refractivity contribution in [3.05, 3.63) is 41.5 Å². The second kappa shape index (κ2) is 4.63. The minimum Gasteiger partial charge on any atom is -0.299 e. The molecule has 0 radical (unpaired) electrons. The average Bonchev–Trinajstić information content (AvgIpc) is 2.17. The van der Waals surface area contributed by atoms with Crippen LogP contribution in [0.2, 0.25) is 0 Å². The van der Waals surface area contributed by atoms with Gasteiger partial charge in [0.15, 0.2) is 0 Å². The highest BCUT2D eigenvalue weighted by molar-refractivity contribution is 6.49. The Hall–Kier alpha value is -1.08. The lowest BCUT2D eigenvalue weighted by Gasteiger charge is -2.19. The second-order valence-corrected chi connectivity index (χ2v) is 4.89. The third-order valence-corrected chi connectivity index (χ3v) is 2.59. The molecule has 0 spiro atoms. The molecule has 0 saturated carbocycles. The summed E-state index contributed by atoms with van der Waals surface area (Å²) >= 11 is 5.90. The van der Waals surface area contributed by atoms with Crippen LogP contribution in [0, 0.1) is 0 Å². The van der Waals surface area contributed by atoms with E-state index >= 15 is 0 Å².